The van der Waals surface area contributed by atoms with Gasteiger partial charge in [-0.25, -0.2) is 13.1 Å². The summed E-state index contributed by atoms with van der Waals surface area (Å²) in [4.78, 5) is 2.44. The summed E-state index contributed by atoms with van der Waals surface area (Å²) in [6.45, 7) is 1.53. The molecule has 0 aliphatic carbocycles. The first-order chi connectivity index (χ1) is 8.92. The van der Waals surface area contributed by atoms with Gasteiger partial charge in [0.05, 0.1) is 4.90 Å². The minimum atomic E-state index is -3.36. The molecule has 108 valence electrons. The molecule has 0 spiro atoms. The van der Waals surface area contributed by atoms with Gasteiger partial charge < -0.3 is 4.90 Å². The summed E-state index contributed by atoms with van der Waals surface area (Å²) in [5.41, 5.74) is 0. The van der Waals surface area contributed by atoms with Crippen LogP contribution in [0.1, 0.15) is 19.3 Å². The Kier molecular flexibility index (Phi) is 6.99. The second-order valence-corrected chi connectivity index (χ2v) is 7.40. The predicted octanol–water partition coefficient (Wildman–Crippen LogP) is 2.46. The zero-order chi connectivity index (χ0) is 14.3. The Bertz CT molecular complexity index is 472. The topological polar surface area (TPSA) is 49.4 Å². The molecule has 0 saturated heterocycles. The highest BCUT2D eigenvalue weighted by Gasteiger charge is 2.12. The summed E-state index contributed by atoms with van der Waals surface area (Å²) in [7, 11) is 0.714. The number of hydrogen-bond acceptors (Lipinski definition) is 3. The highest BCUT2D eigenvalue weighted by molar-refractivity contribution is 9.10. The molecule has 4 nitrogen and oxygen atoms in total. The molecule has 0 aliphatic rings. The molecule has 0 unspecified atom stereocenters. The SMILES string of the molecule is CN(C)CCCCCNS(=O)(=O)c1ccc(Br)cc1. The number of nitrogens with zero attached hydrogens (tertiary/aromatic N) is 1. The van der Waals surface area contributed by atoms with Crippen LogP contribution in [0, 0.1) is 0 Å². The average molecular weight is 349 g/mol. The van der Waals surface area contributed by atoms with Crippen LogP contribution in [0.3, 0.4) is 0 Å². The Balaban J connectivity index is 2.33. The number of halogens is 1. The second kappa shape index (κ2) is 7.99. The monoisotopic (exact) mass is 348 g/mol. The smallest absolute Gasteiger partial charge is 0.240 e. The number of sulfonamides is 1. The number of nitrogens with one attached hydrogen (secondary N) is 1. The largest absolute Gasteiger partial charge is 0.309 e. The van der Waals surface area contributed by atoms with Crippen LogP contribution in [-0.2, 0) is 10.0 Å². The summed E-state index contributed by atoms with van der Waals surface area (Å²) in [5, 5.41) is 0. The summed E-state index contributed by atoms with van der Waals surface area (Å²) >= 11 is 3.29. The fourth-order valence-electron chi connectivity index (χ4n) is 1.63. The molecule has 1 N–H and O–H groups in total. The van der Waals surface area contributed by atoms with Crippen LogP contribution < -0.4 is 4.72 Å². The molecule has 0 aliphatic heterocycles. The number of unbranched alkanes of at least 4 members (excludes halogenated alkanes) is 2. The Labute approximate surface area is 124 Å². The average Bonchev–Trinajstić information content (AvgIpc) is 2.34. The standard InChI is InChI=1S/C13H21BrN2O2S/c1-16(2)11-5-3-4-10-15-19(17,18)13-8-6-12(14)7-9-13/h6-9,15H,3-5,10-11H2,1-2H3. The van der Waals surface area contributed by atoms with Gasteiger partial charge in [0.1, 0.15) is 0 Å². The van der Waals surface area contributed by atoms with E-state index in [1.54, 1.807) is 24.3 Å². The van der Waals surface area contributed by atoms with Crippen LogP contribution in [0.4, 0.5) is 0 Å². The lowest BCUT2D eigenvalue weighted by atomic mass is 10.2. The molecule has 0 saturated carbocycles. The van der Waals surface area contributed by atoms with Crippen molar-refractivity contribution in [1.29, 1.82) is 0 Å². The van der Waals surface area contributed by atoms with E-state index in [0.29, 0.717) is 11.4 Å². The van der Waals surface area contributed by atoms with Crippen molar-refractivity contribution < 1.29 is 8.42 Å². The van der Waals surface area contributed by atoms with Gasteiger partial charge in [-0.3, -0.25) is 0 Å². The maximum atomic E-state index is 11.9. The van der Waals surface area contributed by atoms with Crippen molar-refractivity contribution >= 4 is 26.0 Å². The molecule has 6 heteroatoms. The van der Waals surface area contributed by atoms with Crippen LogP contribution in [0.2, 0.25) is 0 Å². The first-order valence-electron chi connectivity index (χ1n) is 6.32. The van der Waals surface area contributed by atoms with Crippen LogP contribution in [0.15, 0.2) is 33.6 Å². The molecular formula is C13H21BrN2O2S. The van der Waals surface area contributed by atoms with Crippen molar-refractivity contribution in [2.24, 2.45) is 0 Å². The van der Waals surface area contributed by atoms with Gasteiger partial charge in [-0.05, 0) is 57.7 Å². The first kappa shape index (κ1) is 16.6. The molecule has 1 aromatic carbocycles. The highest BCUT2D eigenvalue weighted by atomic mass is 79.9. The highest BCUT2D eigenvalue weighted by Crippen LogP contribution is 2.14. The quantitative estimate of drug-likeness (QED) is 0.734. The Morgan fingerprint density at radius 1 is 1.11 bits per heavy atom. The molecule has 0 bridgehead atoms. The zero-order valence-electron chi connectivity index (χ0n) is 11.4. The van der Waals surface area contributed by atoms with E-state index < -0.39 is 10.0 Å². The molecule has 1 rings (SSSR count). The van der Waals surface area contributed by atoms with Crippen LogP contribution in [0.5, 0.6) is 0 Å². The molecule has 0 fully saturated rings. The lowest BCUT2D eigenvalue weighted by molar-refractivity contribution is 0.391. The Morgan fingerprint density at radius 2 is 1.74 bits per heavy atom. The van der Waals surface area contributed by atoms with Crippen molar-refractivity contribution in [3.8, 4) is 0 Å². The van der Waals surface area contributed by atoms with Crippen molar-refractivity contribution in [3.63, 3.8) is 0 Å². The Hall–Kier alpha value is -0.430. The minimum Gasteiger partial charge on any atom is -0.309 e. The van der Waals surface area contributed by atoms with E-state index in [4.69, 9.17) is 0 Å². The summed E-state index contributed by atoms with van der Waals surface area (Å²) < 4.78 is 27.4. The number of benzene rings is 1. The fraction of sp³-hybridized carbons (Fsp3) is 0.538. The molecule has 0 atom stereocenters. The van der Waals surface area contributed by atoms with Gasteiger partial charge in [-0.2, -0.15) is 0 Å². The van der Waals surface area contributed by atoms with Gasteiger partial charge >= 0.3 is 0 Å². The fourth-order valence-corrected chi connectivity index (χ4v) is 2.97. The number of hydrogen-bond donors (Lipinski definition) is 1. The lowest BCUT2D eigenvalue weighted by Crippen LogP contribution is -2.25. The molecule has 1 aromatic rings. The third kappa shape index (κ3) is 6.51. The van der Waals surface area contributed by atoms with Gasteiger partial charge in [0, 0.05) is 11.0 Å². The van der Waals surface area contributed by atoms with Gasteiger partial charge in [0.25, 0.3) is 0 Å². The third-order valence-corrected chi connectivity index (χ3v) is 4.70. The predicted molar refractivity (Wildman–Crippen MR) is 81.7 cm³/mol. The van der Waals surface area contributed by atoms with Crippen LogP contribution in [-0.4, -0.2) is 40.5 Å². The van der Waals surface area contributed by atoms with E-state index in [9.17, 15) is 8.42 Å². The maximum Gasteiger partial charge on any atom is 0.240 e. The molecular weight excluding hydrogens is 328 g/mol. The number of rotatable bonds is 8. The normalized spacial score (nSPS) is 12.0. The van der Waals surface area contributed by atoms with E-state index >= 15 is 0 Å². The molecule has 0 heterocycles. The van der Waals surface area contributed by atoms with Crippen LogP contribution in [0.25, 0.3) is 0 Å². The molecule has 0 radical (unpaired) electrons. The van der Waals surface area contributed by atoms with Crippen molar-refractivity contribution in [2.75, 3.05) is 27.2 Å². The van der Waals surface area contributed by atoms with E-state index in [1.165, 1.54) is 0 Å². The van der Waals surface area contributed by atoms with Crippen LogP contribution >= 0.6 is 15.9 Å². The summed E-state index contributed by atoms with van der Waals surface area (Å²) in [5.74, 6) is 0. The van der Waals surface area contributed by atoms with Crippen molar-refractivity contribution in [1.82, 2.24) is 9.62 Å². The third-order valence-electron chi connectivity index (χ3n) is 2.70. The van der Waals surface area contributed by atoms with E-state index in [0.717, 1.165) is 30.3 Å². The van der Waals surface area contributed by atoms with E-state index in [1.807, 2.05) is 14.1 Å². The summed E-state index contributed by atoms with van der Waals surface area (Å²) in [6, 6.07) is 6.65. The van der Waals surface area contributed by atoms with Gasteiger partial charge in [0.2, 0.25) is 10.0 Å². The van der Waals surface area contributed by atoms with E-state index in [2.05, 4.69) is 25.6 Å². The van der Waals surface area contributed by atoms with E-state index in [-0.39, 0.29) is 0 Å². The van der Waals surface area contributed by atoms with Gasteiger partial charge in [-0.1, -0.05) is 22.4 Å². The van der Waals surface area contributed by atoms with Crippen molar-refractivity contribution in [3.05, 3.63) is 28.7 Å². The van der Waals surface area contributed by atoms with Gasteiger partial charge in [0.15, 0.2) is 0 Å². The second-order valence-electron chi connectivity index (χ2n) is 4.72. The lowest BCUT2D eigenvalue weighted by Gasteiger charge is -2.09. The zero-order valence-corrected chi connectivity index (χ0v) is 13.8. The van der Waals surface area contributed by atoms with Gasteiger partial charge in [-0.15, -0.1) is 0 Å². The maximum absolute atomic E-state index is 11.9. The van der Waals surface area contributed by atoms with Crippen molar-refractivity contribution in [2.45, 2.75) is 24.2 Å². The molecule has 19 heavy (non-hydrogen) atoms. The molecule has 0 aromatic heterocycles. The first-order valence-corrected chi connectivity index (χ1v) is 8.59. The Morgan fingerprint density at radius 3 is 2.32 bits per heavy atom. The minimum absolute atomic E-state index is 0.309. The molecule has 0 amide bonds. The summed E-state index contributed by atoms with van der Waals surface area (Å²) in [6.07, 6.45) is 2.98.